The van der Waals surface area contributed by atoms with Gasteiger partial charge in [0.25, 0.3) is 0 Å². The molecule has 3 atom stereocenters. The van der Waals surface area contributed by atoms with Crippen molar-refractivity contribution in [2.24, 2.45) is 5.92 Å². The van der Waals surface area contributed by atoms with Crippen LogP contribution in [0.3, 0.4) is 0 Å². The average molecular weight is 304 g/mol. The predicted molar refractivity (Wildman–Crippen MR) is 80.2 cm³/mol. The van der Waals surface area contributed by atoms with E-state index >= 15 is 0 Å². The van der Waals surface area contributed by atoms with Gasteiger partial charge in [-0.1, -0.05) is 18.0 Å². The second-order valence-electron chi connectivity index (χ2n) is 6.21. The molecule has 1 aliphatic heterocycles. The van der Waals surface area contributed by atoms with Crippen molar-refractivity contribution >= 4 is 11.3 Å². The fourth-order valence-corrected chi connectivity index (χ4v) is 4.38. The fourth-order valence-electron chi connectivity index (χ4n) is 3.61. The molecule has 0 spiro atoms. The van der Waals surface area contributed by atoms with Gasteiger partial charge >= 0.3 is 0 Å². The Balaban J connectivity index is 1.45. The summed E-state index contributed by atoms with van der Waals surface area (Å²) in [6.45, 7) is 2.01. The van der Waals surface area contributed by atoms with Crippen molar-refractivity contribution in [1.82, 2.24) is 20.4 Å². The van der Waals surface area contributed by atoms with Crippen LogP contribution in [0, 0.1) is 12.8 Å². The molecular formula is C15H20N4OS. The molecule has 1 saturated heterocycles. The summed E-state index contributed by atoms with van der Waals surface area (Å²) in [6.07, 6.45) is 7.16. The number of nitrogens with zero attached hydrogens (tertiary/aromatic N) is 3. The molecule has 0 aromatic carbocycles. The second kappa shape index (κ2) is 5.50. The van der Waals surface area contributed by atoms with Gasteiger partial charge in [0.2, 0.25) is 5.89 Å². The van der Waals surface area contributed by atoms with E-state index in [1.165, 1.54) is 25.7 Å². The molecule has 4 rings (SSSR count). The Bertz CT molecular complexity index is 609. The maximum Gasteiger partial charge on any atom is 0.243 e. The number of hydrogen-bond acceptors (Lipinski definition) is 6. The summed E-state index contributed by atoms with van der Waals surface area (Å²) in [4.78, 5) is 9.03. The highest BCUT2D eigenvalue weighted by atomic mass is 32.1. The molecule has 21 heavy (non-hydrogen) atoms. The monoisotopic (exact) mass is 304 g/mol. The van der Waals surface area contributed by atoms with Crippen molar-refractivity contribution in [2.45, 2.75) is 57.5 Å². The first-order valence-electron chi connectivity index (χ1n) is 7.77. The van der Waals surface area contributed by atoms with Crippen LogP contribution in [0.5, 0.6) is 0 Å². The molecule has 1 saturated carbocycles. The first kappa shape index (κ1) is 13.4. The molecule has 6 heteroatoms. The molecule has 0 bridgehead atoms. The molecular weight excluding hydrogens is 284 g/mol. The topological polar surface area (TPSA) is 63.8 Å². The van der Waals surface area contributed by atoms with Gasteiger partial charge in [-0.05, 0) is 32.1 Å². The Morgan fingerprint density at radius 2 is 2.24 bits per heavy atom. The van der Waals surface area contributed by atoms with E-state index in [1.807, 2.05) is 6.92 Å². The molecule has 0 radical (unpaired) electrons. The smallest absolute Gasteiger partial charge is 0.243 e. The quantitative estimate of drug-likeness (QED) is 0.944. The minimum atomic E-state index is 0.248. The molecule has 2 fully saturated rings. The van der Waals surface area contributed by atoms with Crippen LogP contribution in [0.1, 0.15) is 60.6 Å². The number of aromatic nitrogens is 3. The van der Waals surface area contributed by atoms with E-state index in [2.05, 4.69) is 25.8 Å². The Hall–Kier alpha value is -1.27. The molecule has 112 valence electrons. The summed E-state index contributed by atoms with van der Waals surface area (Å²) in [5.74, 6) is 2.30. The largest absolute Gasteiger partial charge is 0.338 e. The Kier molecular flexibility index (Phi) is 3.51. The Morgan fingerprint density at radius 1 is 1.33 bits per heavy atom. The Labute approximate surface area is 128 Å². The zero-order chi connectivity index (χ0) is 14.2. The van der Waals surface area contributed by atoms with Crippen LogP contribution in [0.15, 0.2) is 9.90 Å². The SMILES string of the molecule is Cc1csc(Cc2noc(C3CC4CCCCC4N3)n2)n1. The number of fused-ring (bicyclic) bond motifs is 1. The molecule has 1 aliphatic carbocycles. The van der Waals surface area contributed by atoms with Gasteiger partial charge in [0, 0.05) is 17.1 Å². The van der Waals surface area contributed by atoms with E-state index in [4.69, 9.17) is 4.52 Å². The zero-order valence-electron chi connectivity index (χ0n) is 12.2. The van der Waals surface area contributed by atoms with Gasteiger partial charge in [0.15, 0.2) is 5.82 Å². The van der Waals surface area contributed by atoms with Crippen molar-refractivity contribution in [3.05, 3.63) is 27.8 Å². The molecule has 2 aromatic rings. The summed E-state index contributed by atoms with van der Waals surface area (Å²) in [5, 5.41) is 10.9. The minimum Gasteiger partial charge on any atom is -0.338 e. The van der Waals surface area contributed by atoms with E-state index in [1.54, 1.807) is 11.3 Å². The summed E-state index contributed by atoms with van der Waals surface area (Å²) >= 11 is 1.65. The maximum atomic E-state index is 5.49. The van der Waals surface area contributed by atoms with Crippen LogP contribution in [0.4, 0.5) is 0 Å². The van der Waals surface area contributed by atoms with E-state index in [0.717, 1.165) is 34.8 Å². The van der Waals surface area contributed by atoms with Gasteiger partial charge in [0.1, 0.15) is 5.01 Å². The number of rotatable bonds is 3. The van der Waals surface area contributed by atoms with E-state index < -0.39 is 0 Å². The molecule has 0 amide bonds. The summed E-state index contributed by atoms with van der Waals surface area (Å²) in [5.41, 5.74) is 1.06. The number of aryl methyl sites for hydroxylation is 1. The molecule has 5 nitrogen and oxygen atoms in total. The standard InChI is InChI=1S/C15H20N4OS/c1-9-8-21-14(16-9)7-13-18-15(20-19-13)12-6-10-4-2-3-5-11(10)17-12/h8,10-12,17H,2-7H2,1H3. The molecule has 1 N–H and O–H groups in total. The van der Waals surface area contributed by atoms with Crippen molar-refractivity contribution < 1.29 is 4.52 Å². The summed E-state index contributed by atoms with van der Waals surface area (Å²) in [7, 11) is 0. The third kappa shape index (κ3) is 2.74. The predicted octanol–water partition coefficient (Wildman–Crippen LogP) is 3.02. The van der Waals surface area contributed by atoms with E-state index in [-0.39, 0.29) is 6.04 Å². The lowest BCUT2D eigenvalue weighted by Gasteiger charge is -2.24. The van der Waals surface area contributed by atoms with E-state index in [0.29, 0.717) is 12.5 Å². The van der Waals surface area contributed by atoms with Crippen molar-refractivity contribution in [3.8, 4) is 0 Å². The fraction of sp³-hybridized carbons (Fsp3) is 0.667. The van der Waals surface area contributed by atoms with Crippen LogP contribution < -0.4 is 5.32 Å². The highest BCUT2D eigenvalue weighted by molar-refractivity contribution is 7.09. The van der Waals surface area contributed by atoms with Gasteiger partial charge in [-0.2, -0.15) is 4.98 Å². The van der Waals surface area contributed by atoms with Crippen LogP contribution in [0.2, 0.25) is 0 Å². The van der Waals surface area contributed by atoms with Crippen LogP contribution in [-0.2, 0) is 6.42 Å². The average Bonchev–Trinajstić information content (AvgIpc) is 3.18. The highest BCUT2D eigenvalue weighted by Crippen LogP contribution is 2.38. The second-order valence-corrected chi connectivity index (χ2v) is 7.16. The summed E-state index contributed by atoms with van der Waals surface area (Å²) in [6, 6.07) is 0.901. The van der Waals surface area contributed by atoms with Crippen LogP contribution >= 0.6 is 11.3 Å². The van der Waals surface area contributed by atoms with Crippen molar-refractivity contribution in [1.29, 1.82) is 0 Å². The Morgan fingerprint density at radius 3 is 3.05 bits per heavy atom. The maximum absolute atomic E-state index is 5.49. The minimum absolute atomic E-state index is 0.248. The van der Waals surface area contributed by atoms with Crippen molar-refractivity contribution in [3.63, 3.8) is 0 Å². The van der Waals surface area contributed by atoms with Gasteiger partial charge in [-0.25, -0.2) is 4.98 Å². The van der Waals surface area contributed by atoms with Gasteiger partial charge in [-0.15, -0.1) is 11.3 Å². The lowest BCUT2D eigenvalue weighted by molar-refractivity contribution is 0.324. The molecule has 2 aliphatic rings. The molecule has 3 unspecified atom stereocenters. The zero-order valence-corrected chi connectivity index (χ0v) is 13.0. The van der Waals surface area contributed by atoms with Gasteiger partial charge in [0.05, 0.1) is 12.5 Å². The first-order chi connectivity index (χ1) is 10.3. The van der Waals surface area contributed by atoms with Crippen LogP contribution in [-0.4, -0.2) is 21.2 Å². The molecule has 3 heterocycles. The van der Waals surface area contributed by atoms with Gasteiger partial charge in [-0.3, -0.25) is 0 Å². The lowest BCUT2D eigenvalue weighted by Crippen LogP contribution is -2.30. The normalized spacial score (nSPS) is 28.7. The van der Waals surface area contributed by atoms with E-state index in [9.17, 15) is 0 Å². The third-order valence-electron chi connectivity index (χ3n) is 4.62. The van der Waals surface area contributed by atoms with Crippen molar-refractivity contribution in [2.75, 3.05) is 0 Å². The number of nitrogens with one attached hydrogen (secondary N) is 1. The van der Waals surface area contributed by atoms with Gasteiger partial charge < -0.3 is 9.84 Å². The highest BCUT2D eigenvalue weighted by Gasteiger charge is 2.38. The lowest BCUT2D eigenvalue weighted by atomic mass is 9.85. The summed E-state index contributed by atoms with van der Waals surface area (Å²) < 4.78 is 5.49. The van der Waals surface area contributed by atoms with Crippen LogP contribution in [0.25, 0.3) is 0 Å². The first-order valence-corrected chi connectivity index (χ1v) is 8.65. The number of hydrogen-bond donors (Lipinski definition) is 1. The third-order valence-corrected chi connectivity index (χ3v) is 5.59. The number of thiazole rings is 1. The molecule has 2 aromatic heterocycles.